The van der Waals surface area contributed by atoms with Crippen molar-refractivity contribution in [2.24, 2.45) is 5.92 Å². The minimum atomic E-state index is -0.160. The number of hydrogen-bond donors (Lipinski definition) is 2. The van der Waals surface area contributed by atoms with Crippen LogP contribution in [0.15, 0.2) is 35.6 Å². The van der Waals surface area contributed by atoms with E-state index in [1.54, 1.807) is 12.1 Å². The molecule has 1 saturated carbocycles. The number of carbonyl (C=O) groups excluding carboxylic acids is 2. The van der Waals surface area contributed by atoms with E-state index in [-0.39, 0.29) is 23.5 Å². The number of carbonyl (C=O) groups is 2. The summed E-state index contributed by atoms with van der Waals surface area (Å²) in [5.41, 5.74) is 0.584. The van der Waals surface area contributed by atoms with Gasteiger partial charge in [0.1, 0.15) is 28.7 Å². The van der Waals surface area contributed by atoms with Crippen molar-refractivity contribution >= 4 is 35.1 Å². The fourth-order valence-corrected chi connectivity index (χ4v) is 4.63. The summed E-state index contributed by atoms with van der Waals surface area (Å²) in [6.07, 6.45) is 5.38. The number of ether oxygens (including phenoxy) is 2. The van der Waals surface area contributed by atoms with Crippen molar-refractivity contribution < 1.29 is 19.1 Å². The van der Waals surface area contributed by atoms with E-state index < -0.39 is 0 Å². The zero-order valence-corrected chi connectivity index (χ0v) is 21.1. The predicted octanol–water partition coefficient (Wildman–Crippen LogP) is 3.50. The number of thioether (sulfide) groups is 1. The van der Waals surface area contributed by atoms with Crippen LogP contribution in [0.25, 0.3) is 0 Å². The Hall–Kier alpha value is -3.01. The van der Waals surface area contributed by atoms with E-state index in [2.05, 4.69) is 25.5 Å². The van der Waals surface area contributed by atoms with Crippen LogP contribution in [-0.4, -0.2) is 59.9 Å². The second-order valence-electron chi connectivity index (χ2n) is 8.62. The molecule has 9 nitrogen and oxygen atoms in total. The molecule has 2 amide bonds. The second kappa shape index (κ2) is 12.1. The Morgan fingerprint density at radius 2 is 1.83 bits per heavy atom. The lowest BCUT2D eigenvalue weighted by Gasteiger charge is -2.32. The molecule has 2 N–H and O–H groups in total. The third-order valence-corrected chi connectivity index (χ3v) is 6.85. The van der Waals surface area contributed by atoms with Crippen molar-refractivity contribution in [3.05, 3.63) is 30.6 Å². The van der Waals surface area contributed by atoms with Crippen molar-refractivity contribution in [2.45, 2.75) is 50.6 Å². The van der Waals surface area contributed by atoms with Gasteiger partial charge >= 0.3 is 0 Å². The number of nitrogens with zero attached hydrogens (tertiary/aromatic N) is 3. The van der Waals surface area contributed by atoms with E-state index >= 15 is 0 Å². The molecular formula is C25H33N5O4S. The highest BCUT2D eigenvalue weighted by atomic mass is 32.2. The molecule has 1 saturated heterocycles. The molecule has 0 unspecified atom stereocenters. The van der Waals surface area contributed by atoms with E-state index in [1.165, 1.54) is 18.1 Å². The van der Waals surface area contributed by atoms with Gasteiger partial charge in [-0.05, 0) is 51.7 Å². The van der Waals surface area contributed by atoms with Gasteiger partial charge < -0.3 is 25.0 Å². The molecule has 2 fully saturated rings. The lowest BCUT2D eigenvalue weighted by atomic mass is 9.96. The summed E-state index contributed by atoms with van der Waals surface area (Å²) >= 11 is 1.35. The first-order valence-corrected chi connectivity index (χ1v) is 13.2. The minimum absolute atomic E-state index is 0.0778. The zero-order chi connectivity index (χ0) is 24.6. The van der Waals surface area contributed by atoms with Crippen LogP contribution in [0.2, 0.25) is 0 Å². The summed E-state index contributed by atoms with van der Waals surface area (Å²) < 4.78 is 11.2. The number of rotatable bonds is 11. The van der Waals surface area contributed by atoms with E-state index in [4.69, 9.17) is 9.47 Å². The van der Waals surface area contributed by atoms with Crippen LogP contribution in [0.5, 0.6) is 11.5 Å². The van der Waals surface area contributed by atoms with Crippen molar-refractivity contribution in [2.75, 3.05) is 42.3 Å². The molecule has 4 rings (SSSR count). The smallest absolute Gasteiger partial charge is 0.234 e. The number of piperidine rings is 1. The summed E-state index contributed by atoms with van der Waals surface area (Å²) in [6.45, 7) is 6.41. The normalized spacial score (nSPS) is 16.0. The van der Waals surface area contributed by atoms with Crippen LogP contribution in [0.4, 0.5) is 11.5 Å². The maximum absolute atomic E-state index is 12.7. The van der Waals surface area contributed by atoms with Crippen LogP contribution in [0.1, 0.15) is 39.5 Å². The molecule has 1 aliphatic carbocycles. The van der Waals surface area contributed by atoms with Gasteiger partial charge in [-0.3, -0.25) is 9.59 Å². The number of aromatic nitrogens is 2. The van der Waals surface area contributed by atoms with E-state index in [0.717, 1.165) is 49.6 Å². The lowest BCUT2D eigenvalue weighted by Crippen LogP contribution is -2.41. The van der Waals surface area contributed by atoms with Crippen molar-refractivity contribution in [1.82, 2.24) is 15.3 Å². The average molecular weight is 500 g/mol. The first-order valence-electron chi connectivity index (χ1n) is 12.2. The highest BCUT2D eigenvalue weighted by Gasteiger charge is 2.30. The van der Waals surface area contributed by atoms with Gasteiger partial charge in [0, 0.05) is 37.2 Å². The summed E-state index contributed by atoms with van der Waals surface area (Å²) in [5.74, 6) is 2.41. The van der Waals surface area contributed by atoms with Gasteiger partial charge in [-0.15, -0.1) is 0 Å². The fourth-order valence-electron chi connectivity index (χ4n) is 3.97. The molecule has 0 bridgehead atoms. The van der Waals surface area contributed by atoms with Gasteiger partial charge in [-0.1, -0.05) is 11.8 Å². The molecule has 1 aromatic heterocycles. The Morgan fingerprint density at radius 3 is 2.54 bits per heavy atom. The predicted molar refractivity (Wildman–Crippen MR) is 136 cm³/mol. The topological polar surface area (TPSA) is 106 Å². The third kappa shape index (κ3) is 7.24. The molecule has 1 aromatic carbocycles. The first kappa shape index (κ1) is 25.1. The van der Waals surface area contributed by atoms with Crippen LogP contribution < -0.4 is 25.0 Å². The molecule has 35 heavy (non-hydrogen) atoms. The molecule has 0 radical (unpaired) electrons. The molecule has 2 heterocycles. The second-order valence-corrected chi connectivity index (χ2v) is 9.62. The molecule has 0 atom stereocenters. The summed E-state index contributed by atoms with van der Waals surface area (Å²) in [6, 6.07) is 7.70. The monoisotopic (exact) mass is 499 g/mol. The average Bonchev–Trinajstić information content (AvgIpc) is 3.69. The van der Waals surface area contributed by atoms with Crippen LogP contribution in [0.3, 0.4) is 0 Å². The number of anilines is 2. The Bertz CT molecular complexity index is 1020. The number of hydrogen-bond acceptors (Lipinski definition) is 8. The van der Waals surface area contributed by atoms with Gasteiger partial charge in [0.25, 0.3) is 0 Å². The number of nitrogens with one attached hydrogen (secondary N) is 2. The highest BCUT2D eigenvalue weighted by Crippen LogP contribution is 2.30. The Labute approximate surface area is 210 Å². The van der Waals surface area contributed by atoms with Gasteiger partial charge in [0.05, 0.1) is 24.7 Å². The molecule has 1 aliphatic heterocycles. The standard InChI is InChI=1S/C25H33N5O4S/c1-3-33-19-7-8-21(34-4-2)20(13-19)29-23(31)15-35-24-14-22(26-16-27-24)30-11-9-17(10-12-30)25(32)28-18-5-6-18/h7-8,13-14,16-18H,3-6,9-12,15H2,1-2H3,(H,28,32)(H,29,31). The summed E-state index contributed by atoms with van der Waals surface area (Å²) in [7, 11) is 0. The zero-order valence-electron chi connectivity index (χ0n) is 20.3. The molecule has 2 aliphatic rings. The van der Waals surface area contributed by atoms with E-state index in [0.29, 0.717) is 36.4 Å². The number of benzene rings is 1. The lowest BCUT2D eigenvalue weighted by molar-refractivity contribution is -0.125. The van der Waals surface area contributed by atoms with Crippen molar-refractivity contribution in [1.29, 1.82) is 0 Å². The minimum Gasteiger partial charge on any atom is -0.494 e. The van der Waals surface area contributed by atoms with E-state index in [1.807, 2.05) is 26.0 Å². The SMILES string of the molecule is CCOc1ccc(OCC)c(NC(=O)CSc2cc(N3CCC(C(=O)NC4CC4)CC3)ncn2)c1. The summed E-state index contributed by atoms with van der Waals surface area (Å²) in [4.78, 5) is 35.9. The van der Waals surface area contributed by atoms with Gasteiger partial charge in [-0.25, -0.2) is 9.97 Å². The quantitative estimate of drug-likeness (QED) is 0.358. The van der Waals surface area contributed by atoms with Crippen molar-refractivity contribution in [3.8, 4) is 11.5 Å². The van der Waals surface area contributed by atoms with Crippen LogP contribution >= 0.6 is 11.8 Å². The third-order valence-electron chi connectivity index (χ3n) is 5.93. The van der Waals surface area contributed by atoms with Crippen LogP contribution in [-0.2, 0) is 9.59 Å². The molecule has 2 aromatic rings. The van der Waals surface area contributed by atoms with Crippen LogP contribution in [0, 0.1) is 5.92 Å². The first-order chi connectivity index (χ1) is 17.1. The molecule has 0 spiro atoms. The maximum Gasteiger partial charge on any atom is 0.234 e. The largest absolute Gasteiger partial charge is 0.494 e. The highest BCUT2D eigenvalue weighted by molar-refractivity contribution is 7.99. The molecular weight excluding hydrogens is 466 g/mol. The Morgan fingerprint density at radius 1 is 1.06 bits per heavy atom. The fraction of sp³-hybridized carbons (Fsp3) is 0.520. The van der Waals surface area contributed by atoms with Crippen molar-refractivity contribution in [3.63, 3.8) is 0 Å². The number of amides is 2. The molecule has 188 valence electrons. The van der Waals surface area contributed by atoms with E-state index in [9.17, 15) is 9.59 Å². The van der Waals surface area contributed by atoms with Gasteiger partial charge in [0.2, 0.25) is 11.8 Å². The van der Waals surface area contributed by atoms with Gasteiger partial charge in [0.15, 0.2) is 0 Å². The Kier molecular flexibility index (Phi) is 8.68. The maximum atomic E-state index is 12.7. The molecule has 10 heteroatoms. The summed E-state index contributed by atoms with van der Waals surface area (Å²) in [5, 5.41) is 6.76. The van der Waals surface area contributed by atoms with Gasteiger partial charge in [-0.2, -0.15) is 0 Å². The Balaban J connectivity index is 1.29.